The van der Waals surface area contributed by atoms with Crippen LogP contribution < -0.4 is 5.73 Å². The summed E-state index contributed by atoms with van der Waals surface area (Å²) in [4.78, 5) is 24.0. The third-order valence-electron chi connectivity index (χ3n) is 1.77. The van der Waals surface area contributed by atoms with E-state index in [-0.39, 0.29) is 11.8 Å². The Morgan fingerprint density at radius 3 is 2.60 bits per heavy atom. The van der Waals surface area contributed by atoms with Gasteiger partial charge < -0.3 is 5.73 Å². The van der Waals surface area contributed by atoms with Crippen LogP contribution in [-0.4, -0.2) is 18.0 Å². The highest BCUT2D eigenvalue weighted by atomic mass is 16.1. The molecule has 0 unspecified atom stereocenters. The second-order valence-electron chi connectivity index (χ2n) is 3.09. The van der Waals surface area contributed by atoms with Crippen molar-refractivity contribution in [2.24, 2.45) is 10.7 Å². The van der Waals surface area contributed by atoms with Gasteiger partial charge in [0, 0.05) is 25.1 Å². The van der Waals surface area contributed by atoms with Crippen molar-refractivity contribution in [3.05, 3.63) is 35.4 Å². The second-order valence-corrected chi connectivity index (χ2v) is 3.09. The molecule has 2 rings (SSSR count). The Kier molecular flexibility index (Phi) is 3.74. The van der Waals surface area contributed by atoms with Gasteiger partial charge in [-0.25, -0.2) is 4.99 Å². The molecule has 1 aliphatic heterocycles. The van der Waals surface area contributed by atoms with E-state index in [1.54, 1.807) is 6.21 Å². The molecule has 0 aromatic heterocycles. The first-order chi connectivity index (χ1) is 7.11. The quantitative estimate of drug-likeness (QED) is 0.683. The lowest BCUT2D eigenvalue weighted by molar-refractivity contribution is -0.115. The Labute approximate surface area is 87.8 Å². The summed E-state index contributed by atoms with van der Waals surface area (Å²) in [5, 5.41) is 0. The number of carbonyl (C=O) groups is 2. The number of rotatable bonds is 0. The number of benzene rings is 1. The number of hydrogen-bond acceptors (Lipinski definition) is 2. The van der Waals surface area contributed by atoms with E-state index in [2.05, 4.69) is 10.7 Å². The maximum atomic E-state index is 11.1. The van der Waals surface area contributed by atoms with E-state index >= 15 is 0 Å². The number of carbonyl (C=O) groups excluding carboxylic acids is 2. The predicted octanol–water partition coefficient (Wildman–Crippen LogP) is 0.945. The summed E-state index contributed by atoms with van der Waals surface area (Å²) in [6.45, 7) is 1.31. The third-order valence-corrected chi connectivity index (χ3v) is 1.77. The molecule has 1 aromatic rings. The largest absolute Gasteiger partial charge is 0.370 e. The molecule has 0 atom stereocenters. The molecule has 15 heavy (non-hydrogen) atoms. The zero-order chi connectivity index (χ0) is 11.3. The van der Waals surface area contributed by atoms with Gasteiger partial charge in [-0.1, -0.05) is 18.2 Å². The van der Waals surface area contributed by atoms with Crippen LogP contribution in [0.25, 0.3) is 0 Å². The van der Waals surface area contributed by atoms with Gasteiger partial charge in [-0.05, 0) is 11.6 Å². The molecule has 1 heterocycles. The van der Waals surface area contributed by atoms with E-state index in [0.29, 0.717) is 0 Å². The van der Waals surface area contributed by atoms with Gasteiger partial charge in [-0.3, -0.25) is 9.59 Å². The molecule has 78 valence electrons. The highest BCUT2D eigenvalue weighted by molar-refractivity contribution is 6.03. The van der Waals surface area contributed by atoms with Crippen molar-refractivity contribution in [2.75, 3.05) is 0 Å². The molecule has 2 N–H and O–H groups in total. The molecule has 2 amide bonds. The predicted molar refractivity (Wildman–Crippen MR) is 57.8 cm³/mol. The lowest BCUT2D eigenvalue weighted by Crippen LogP contribution is -2.07. The van der Waals surface area contributed by atoms with Crippen LogP contribution in [0.5, 0.6) is 0 Å². The Hall–Kier alpha value is -1.97. The van der Waals surface area contributed by atoms with Crippen LogP contribution in [0.2, 0.25) is 0 Å². The maximum absolute atomic E-state index is 11.1. The first-order valence-corrected chi connectivity index (χ1v) is 4.52. The van der Waals surface area contributed by atoms with Crippen molar-refractivity contribution in [1.82, 2.24) is 0 Å². The molecular formula is C11H12N2O2. The van der Waals surface area contributed by atoms with E-state index in [1.165, 1.54) is 6.92 Å². The van der Waals surface area contributed by atoms with E-state index in [0.717, 1.165) is 17.5 Å². The van der Waals surface area contributed by atoms with E-state index in [4.69, 9.17) is 0 Å². The summed E-state index contributed by atoms with van der Waals surface area (Å²) >= 11 is 0. The fourth-order valence-electron chi connectivity index (χ4n) is 1.20. The number of nitrogens with two attached hydrogens (primary N) is 1. The molecule has 1 aliphatic rings. The minimum absolute atomic E-state index is 0.119. The van der Waals surface area contributed by atoms with Crippen molar-refractivity contribution in [3.8, 4) is 0 Å². The Morgan fingerprint density at radius 1 is 1.40 bits per heavy atom. The minimum atomic E-state index is -0.333. The number of fused-ring (bicyclic) bond motifs is 1. The van der Waals surface area contributed by atoms with Crippen LogP contribution in [0.4, 0.5) is 0 Å². The maximum Gasteiger partial charge on any atom is 0.276 e. The molecule has 0 saturated heterocycles. The number of nitrogens with zero attached hydrogens (tertiary/aromatic N) is 1. The molecule has 1 aromatic carbocycles. The van der Waals surface area contributed by atoms with Gasteiger partial charge in [-0.15, -0.1) is 0 Å². The molecular weight excluding hydrogens is 192 g/mol. The van der Waals surface area contributed by atoms with Crippen molar-refractivity contribution in [1.29, 1.82) is 0 Å². The van der Waals surface area contributed by atoms with Crippen molar-refractivity contribution < 1.29 is 9.59 Å². The fourth-order valence-corrected chi connectivity index (χ4v) is 1.20. The molecule has 4 nitrogen and oxygen atoms in total. The van der Waals surface area contributed by atoms with Gasteiger partial charge in [0.05, 0.1) is 0 Å². The second kappa shape index (κ2) is 5.05. The summed E-state index contributed by atoms with van der Waals surface area (Å²) in [5.41, 5.74) is 6.29. The number of aliphatic imine (C=N–C) groups is 1. The molecule has 0 spiro atoms. The lowest BCUT2D eigenvalue weighted by atomic mass is 10.0. The topological polar surface area (TPSA) is 72.5 Å². The van der Waals surface area contributed by atoms with Gasteiger partial charge in [0.1, 0.15) is 0 Å². The summed E-state index contributed by atoms with van der Waals surface area (Å²) in [5.74, 6) is -0.452. The van der Waals surface area contributed by atoms with Gasteiger partial charge in [0.15, 0.2) is 0 Å². The summed E-state index contributed by atoms with van der Waals surface area (Å²) in [6.07, 6.45) is 2.44. The highest BCUT2D eigenvalue weighted by Crippen LogP contribution is 2.13. The zero-order valence-electron chi connectivity index (χ0n) is 8.43. The van der Waals surface area contributed by atoms with Gasteiger partial charge >= 0.3 is 0 Å². The van der Waals surface area contributed by atoms with Crippen LogP contribution in [0.3, 0.4) is 0 Å². The Bertz CT molecular complexity index is 407. The fraction of sp³-hybridized carbons (Fsp3) is 0.182. The van der Waals surface area contributed by atoms with E-state index < -0.39 is 0 Å². The van der Waals surface area contributed by atoms with Crippen molar-refractivity contribution in [3.63, 3.8) is 0 Å². The lowest BCUT2D eigenvalue weighted by Gasteiger charge is -2.06. The van der Waals surface area contributed by atoms with Crippen LogP contribution in [-0.2, 0) is 11.2 Å². The summed E-state index contributed by atoms with van der Waals surface area (Å²) < 4.78 is 0. The Balaban J connectivity index is 0.000000245. The third kappa shape index (κ3) is 3.34. The standard InChI is InChI=1S/C9H7NO.C2H5NO/c11-9-8-4-2-1-3-7(8)5-6-10-9;1-2(3)4/h1-4,6H,5H2;1H3,(H2,3,4). The van der Waals surface area contributed by atoms with Gasteiger partial charge in [0.2, 0.25) is 5.91 Å². The molecule has 0 bridgehead atoms. The molecule has 0 aliphatic carbocycles. The van der Waals surface area contributed by atoms with Crippen molar-refractivity contribution >= 4 is 18.0 Å². The smallest absolute Gasteiger partial charge is 0.276 e. The van der Waals surface area contributed by atoms with Crippen LogP contribution in [0.1, 0.15) is 22.8 Å². The highest BCUT2D eigenvalue weighted by Gasteiger charge is 2.11. The first kappa shape index (κ1) is 11.1. The SMILES string of the molecule is CC(N)=O.O=C1N=CCc2ccccc21. The monoisotopic (exact) mass is 204 g/mol. The van der Waals surface area contributed by atoms with Gasteiger partial charge in [-0.2, -0.15) is 0 Å². The summed E-state index contributed by atoms with van der Waals surface area (Å²) in [6, 6.07) is 7.56. The molecule has 4 heteroatoms. The minimum Gasteiger partial charge on any atom is -0.370 e. The molecule has 0 radical (unpaired) electrons. The van der Waals surface area contributed by atoms with Crippen LogP contribution in [0.15, 0.2) is 29.3 Å². The normalized spacial score (nSPS) is 12.5. The zero-order valence-corrected chi connectivity index (χ0v) is 8.43. The number of amides is 2. The van der Waals surface area contributed by atoms with Crippen LogP contribution in [0, 0.1) is 0 Å². The number of primary amides is 1. The van der Waals surface area contributed by atoms with Crippen molar-refractivity contribution in [2.45, 2.75) is 13.3 Å². The summed E-state index contributed by atoms with van der Waals surface area (Å²) in [7, 11) is 0. The van der Waals surface area contributed by atoms with Gasteiger partial charge in [0.25, 0.3) is 5.91 Å². The molecule has 0 fully saturated rings. The number of hydrogen-bond donors (Lipinski definition) is 1. The average Bonchev–Trinajstić information content (AvgIpc) is 2.18. The first-order valence-electron chi connectivity index (χ1n) is 4.52. The van der Waals surface area contributed by atoms with E-state index in [1.807, 2.05) is 24.3 Å². The molecule has 0 saturated carbocycles. The Morgan fingerprint density at radius 2 is 2.00 bits per heavy atom. The van der Waals surface area contributed by atoms with E-state index in [9.17, 15) is 9.59 Å². The average molecular weight is 204 g/mol. The van der Waals surface area contributed by atoms with Crippen LogP contribution >= 0.6 is 0 Å².